The van der Waals surface area contributed by atoms with Crippen LogP contribution in [0.1, 0.15) is 45.1 Å². The van der Waals surface area contributed by atoms with Gasteiger partial charge in [0.1, 0.15) is 5.41 Å². The molecule has 0 aliphatic heterocycles. The van der Waals surface area contributed by atoms with E-state index in [4.69, 9.17) is 11.6 Å². The van der Waals surface area contributed by atoms with Gasteiger partial charge in [0.05, 0.1) is 6.07 Å². The number of halogens is 1. The van der Waals surface area contributed by atoms with Gasteiger partial charge in [0, 0.05) is 11.6 Å². The van der Waals surface area contributed by atoms with Crippen molar-refractivity contribution in [3.8, 4) is 6.07 Å². The average Bonchev–Trinajstić information content (AvgIpc) is 2.48. The summed E-state index contributed by atoms with van der Waals surface area (Å²) >= 11 is 5.84. The molecule has 114 valence electrons. The Morgan fingerprint density at radius 3 is 2.29 bits per heavy atom. The van der Waals surface area contributed by atoms with Gasteiger partial charge in [-0.1, -0.05) is 50.4 Å². The largest absolute Gasteiger partial charge is 0.354 e. The van der Waals surface area contributed by atoms with E-state index in [1.165, 1.54) is 0 Å². The molecular weight excluding hydrogens is 284 g/mol. The van der Waals surface area contributed by atoms with Crippen molar-refractivity contribution in [2.45, 2.75) is 46.0 Å². The lowest BCUT2D eigenvalue weighted by Crippen LogP contribution is -2.41. The number of rotatable bonds is 8. The lowest BCUT2D eigenvalue weighted by molar-refractivity contribution is -0.128. The van der Waals surface area contributed by atoms with Crippen molar-refractivity contribution in [3.63, 3.8) is 0 Å². The molecule has 1 rings (SSSR count). The minimum absolute atomic E-state index is 0.136. The van der Waals surface area contributed by atoms with Gasteiger partial charge >= 0.3 is 0 Å². The predicted octanol–water partition coefficient (Wildman–Crippen LogP) is 4.11. The summed E-state index contributed by atoms with van der Waals surface area (Å²) in [6, 6.07) is 9.82. The Morgan fingerprint density at radius 1 is 1.24 bits per heavy atom. The van der Waals surface area contributed by atoms with Crippen LogP contribution in [0.15, 0.2) is 24.3 Å². The third kappa shape index (κ3) is 5.06. The smallest absolute Gasteiger partial charge is 0.240 e. The molecule has 1 amide bonds. The highest BCUT2D eigenvalue weighted by Crippen LogP contribution is 2.29. The fourth-order valence-corrected chi connectivity index (χ4v) is 2.63. The van der Waals surface area contributed by atoms with E-state index in [9.17, 15) is 10.1 Å². The standard InChI is InChI=1S/C17H23ClN2O/c1-3-10-17(13-19,11-4-2)16(21)20-12-9-14-5-7-15(18)8-6-14/h5-8H,3-4,9-12H2,1-2H3,(H,20,21). The average molecular weight is 307 g/mol. The second-order valence-corrected chi connectivity index (χ2v) is 5.76. The van der Waals surface area contributed by atoms with E-state index in [-0.39, 0.29) is 5.91 Å². The normalized spacial score (nSPS) is 11.0. The van der Waals surface area contributed by atoms with Crippen LogP contribution < -0.4 is 5.32 Å². The maximum atomic E-state index is 12.4. The van der Waals surface area contributed by atoms with E-state index in [0.717, 1.165) is 24.8 Å². The summed E-state index contributed by atoms with van der Waals surface area (Å²) < 4.78 is 0. The minimum atomic E-state index is -0.872. The molecule has 0 atom stereocenters. The van der Waals surface area contributed by atoms with Gasteiger partial charge in [0.15, 0.2) is 0 Å². The quantitative estimate of drug-likeness (QED) is 0.786. The molecule has 0 heterocycles. The monoisotopic (exact) mass is 306 g/mol. The van der Waals surface area contributed by atoms with Crippen molar-refractivity contribution in [3.05, 3.63) is 34.9 Å². The summed E-state index contributed by atoms with van der Waals surface area (Å²) in [6.07, 6.45) is 3.63. The zero-order chi connectivity index (χ0) is 15.7. The molecule has 0 aliphatic carbocycles. The second-order valence-electron chi connectivity index (χ2n) is 5.33. The van der Waals surface area contributed by atoms with Crippen LogP contribution in [0, 0.1) is 16.7 Å². The number of benzene rings is 1. The first-order valence-corrected chi connectivity index (χ1v) is 7.89. The number of nitriles is 1. The van der Waals surface area contributed by atoms with Crippen LogP contribution in [0.3, 0.4) is 0 Å². The van der Waals surface area contributed by atoms with E-state index < -0.39 is 5.41 Å². The first kappa shape index (κ1) is 17.5. The maximum absolute atomic E-state index is 12.4. The molecule has 1 aromatic carbocycles. The van der Waals surface area contributed by atoms with Gasteiger partial charge in [-0.15, -0.1) is 0 Å². The molecule has 0 saturated heterocycles. The number of carbonyl (C=O) groups is 1. The van der Waals surface area contributed by atoms with Gasteiger partial charge in [-0.2, -0.15) is 5.26 Å². The van der Waals surface area contributed by atoms with Crippen molar-refractivity contribution in [1.82, 2.24) is 5.32 Å². The zero-order valence-electron chi connectivity index (χ0n) is 12.8. The number of nitrogens with one attached hydrogen (secondary N) is 1. The molecule has 0 aliphatic rings. The van der Waals surface area contributed by atoms with E-state index in [2.05, 4.69) is 11.4 Å². The molecule has 0 radical (unpaired) electrons. The van der Waals surface area contributed by atoms with E-state index in [1.54, 1.807) is 0 Å². The molecule has 4 heteroatoms. The number of amides is 1. The molecule has 0 bridgehead atoms. The highest BCUT2D eigenvalue weighted by atomic mass is 35.5. The lowest BCUT2D eigenvalue weighted by atomic mass is 9.80. The summed E-state index contributed by atoms with van der Waals surface area (Å²) in [4.78, 5) is 12.4. The highest BCUT2D eigenvalue weighted by Gasteiger charge is 2.36. The lowest BCUT2D eigenvalue weighted by Gasteiger charge is -2.24. The Hall–Kier alpha value is -1.53. The molecular formula is C17H23ClN2O. The topological polar surface area (TPSA) is 52.9 Å². The van der Waals surface area contributed by atoms with Crippen LogP contribution in [0.25, 0.3) is 0 Å². The van der Waals surface area contributed by atoms with Crippen molar-refractivity contribution in [2.24, 2.45) is 5.41 Å². The van der Waals surface area contributed by atoms with Gasteiger partial charge in [-0.25, -0.2) is 0 Å². The van der Waals surface area contributed by atoms with E-state index in [1.807, 2.05) is 38.1 Å². The Morgan fingerprint density at radius 2 is 1.81 bits per heavy atom. The van der Waals surface area contributed by atoms with Gasteiger partial charge in [0.2, 0.25) is 5.91 Å². The molecule has 0 unspecified atom stereocenters. The Bertz CT molecular complexity index is 485. The minimum Gasteiger partial charge on any atom is -0.354 e. The molecule has 0 saturated carbocycles. The Labute approximate surface area is 132 Å². The zero-order valence-corrected chi connectivity index (χ0v) is 13.5. The maximum Gasteiger partial charge on any atom is 0.240 e. The number of nitrogens with zero attached hydrogens (tertiary/aromatic N) is 1. The van der Waals surface area contributed by atoms with E-state index in [0.29, 0.717) is 24.4 Å². The highest BCUT2D eigenvalue weighted by molar-refractivity contribution is 6.30. The van der Waals surface area contributed by atoms with Crippen molar-refractivity contribution >= 4 is 17.5 Å². The third-order valence-corrected chi connectivity index (χ3v) is 3.87. The summed E-state index contributed by atoms with van der Waals surface area (Å²) in [5.41, 5.74) is 0.247. The van der Waals surface area contributed by atoms with Crippen molar-refractivity contribution < 1.29 is 4.79 Å². The fourth-order valence-electron chi connectivity index (χ4n) is 2.51. The predicted molar refractivity (Wildman–Crippen MR) is 86.0 cm³/mol. The second kappa shape index (κ2) is 8.69. The summed E-state index contributed by atoms with van der Waals surface area (Å²) in [6.45, 7) is 4.54. The third-order valence-electron chi connectivity index (χ3n) is 3.61. The SMILES string of the molecule is CCCC(C#N)(CCC)C(=O)NCCc1ccc(Cl)cc1. The molecule has 1 aromatic rings. The molecule has 3 nitrogen and oxygen atoms in total. The van der Waals surface area contributed by atoms with Crippen molar-refractivity contribution in [1.29, 1.82) is 5.26 Å². The van der Waals surface area contributed by atoms with Crippen molar-refractivity contribution in [2.75, 3.05) is 6.54 Å². The van der Waals surface area contributed by atoms with Gasteiger partial charge in [-0.05, 0) is 37.0 Å². The van der Waals surface area contributed by atoms with Crippen LogP contribution in [-0.2, 0) is 11.2 Å². The van der Waals surface area contributed by atoms with Crippen LogP contribution in [0.5, 0.6) is 0 Å². The Balaban J connectivity index is 2.57. The van der Waals surface area contributed by atoms with Gasteiger partial charge < -0.3 is 5.32 Å². The summed E-state index contributed by atoms with van der Waals surface area (Å²) in [5, 5.41) is 13.0. The van der Waals surface area contributed by atoms with Gasteiger partial charge in [0.25, 0.3) is 0 Å². The molecule has 0 fully saturated rings. The molecule has 0 aromatic heterocycles. The van der Waals surface area contributed by atoms with E-state index >= 15 is 0 Å². The van der Waals surface area contributed by atoms with Crippen LogP contribution in [0.2, 0.25) is 5.02 Å². The number of hydrogen-bond acceptors (Lipinski definition) is 2. The number of carbonyl (C=O) groups excluding carboxylic acids is 1. The van der Waals surface area contributed by atoms with Crippen LogP contribution >= 0.6 is 11.6 Å². The molecule has 0 spiro atoms. The van der Waals surface area contributed by atoms with Crippen LogP contribution in [0.4, 0.5) is 0 Å². The van der Waals surface area contributed by atoms with Crippen LogP contribution in [-0.4, -0.2) is 12.5 Å². The Kier molecular flexibility index (Phi) is 7.25. The molecule has 1 N–H and O–H groups in total. The van der Waals surface area contributed by atoms with Gasteiger partial charge in [-0.3, -0.25) is 4.79 Å². The first-order chi connectivity index (χ1) is 10.1. The first-order valence-electron chi connectivity index (χ1n) is 7.52. The number of hydrogen-bond donors (Lipinski definition) is 1. The summed E-state index contributed by atoms with van der Waals surface area (Å²) in [5.74, 6) is -0.136. The summed E-state index contributed by atoms with van der Waals surface area (Å²) in [7, 11) is 0. The molecule has 21 heavy (non-hydrogen) atoms. The fraction of sp³-hybridized carbons (Fsp3) is 0.529.